The van der Waals surface area contributed by atoms with Gasteiger partial charge in [-0.2, -0.15) is 0 Å². The van der Waals surface area contributed by atoms with Crippen LogP contribution in [0.1, 0.15) is 52.0 Å². The van der Waals surface area contributed by atoms with Gasteiger partial charge in [-0.3, -0.25) is 4.79 Å². The van der Waals surface area contributed by atoms with Gasteiger partial charge in [0.1, 0.15) is 11.3 Å². The molecule has 152 valence electrons. The summed E-state index contributed by atoms with van der Waals surface area (Å²) in [6.45, 7) is 6.34. The van der Waals surface area contributed by atoms with Crippen LogP contribution in [0.2, 0.25) is 5.02 Å². The van der Waals surface area contributed by atoms with Gasteiger partial charge in [0.25, 0.3) is 5.91 Å². The number of benzene rings is 1. The van der Waals surface area contributed by atoms with Gasteiger partial charge >= 0.3 is 5.63 Å². The van der Waals surface area contributed by atoms with Crippen molar-refractivity contribution in [2.45, 2.75) is 58.9 Å². The molecule has 5 nitrogen and oxygen atoms in total. The van der Waals surface area contributed by atoms with Gasteiger partial charge in [0.2, 0.25) is 0 Å². The molecule has 1 N–H and O–H groups in total. The summed E-state index contributed by atoms with van der Waals surface area (Å²) in [5, 5.41) is 4.27. The minimum absolute atomic E-state index is 0.123. The third kappa shape index (κ3) is 4.69. The molecule has 28 heavy (non-hydrogen) atoms. The Balaban J connectivity index is 1.71. The highest BCUT2D eigenvalue weighted by molar-refractivity contribution is 6.32. The second-order valence-corrected chi connectivity index (χ2v) is 8.26. The van der Waals surface area contributed by atoms with E-state index < -0.39 is 5.63 Å². The van der Waals surface area contributed by atoms with Crippen molar-refractivity contribution in [3.63, 3.8) is 0 Å². The Kier molecular flexibility index (Phi) is 6.65. The summed E-state index contributed by atoms with van der Waals surface area (Å²) in [5.74, 6) is 1.23. The highest BCUT2D eigenvalue weighted by atomic mass is 35.5. The van der Waals surface area contributed by atoms with Crippen LogP contribution < -0.4 is 15.7 Å². The molecule has 1 aliphatic carbocycles. The quantitative estimate of drug-likeness (QED) is 0.706. The van der Waals surface area contributed by atoms with Crippen LogP contribution in [0.3, 0.4) is 0 Å². The molecule has 3 rings (SSSR count). The lowest BCUT2D eigenvalue weighted by Crippen LogP contribution is -2.45. The molecular formula is C22H28ClNO4. The van der Waals surface area contributed by atoms with E-state index in [1.807, 2.05) is 6.92 Å². The van der Waals surface area contributed by atoms with E-state index in [1.54, 1.807) is 12.1 Å². The first-order valence-corrected chi connectivity index (χ1v) is 10.4. The topological polar surface area (TPSA) is 68.5 Å². The molecule has 1 aromatic heterocycles. The fraction of sp³-hybridized carbons (Fsp3) is 0.545. The smallest absolute Gasteiger partial charge is 0.336 e. The normalized spacial score (nSPS) is 22.2. The Morgan fingerprint density at radius 1 is 1.29 bits per heavy atom. The van der Waals surface area contributed by atoms with Gasteiger partial charge in [0.05, 0.1) is 5.02 Å². The summed E-state index contributed by atoms with van der Waals surface area (Å²) in [7, 11) is 0. The molecule has 0 bridgehead atoms. The van der Waals surface area contributed by atoms with Crippen molar-refractivity contribution in [2.75, 3.05) is 6.61 Å². The number of rotatable bonds is 6. The number of carbonyl (C=O) groups excluding carboxylic acids is 1. The molecule has 1 amide bonds. The summed E-state index contributed by atoms with van der Waals surface area (Å²) in [5.41, 5.74) is 0.924. The van der Waals surface area contributed by atoms with Crippen LogP contribution in [0, 0.1) is 11.8 Å². The Morgan fingerprint density at radius 3 is 2.82 bits per heavy atom. The van der Waals surface area contributed by atoms with Crippen LogP contribution in [0.4, 0.5) is 0 Å². The lowest BCUT2D eigenvalue weighted by Gasteiger charge is -2.34. The molecule has 6 heteroatoms. The van der Waals surface area contributed by atoms with Crippen LogP contribution >= 0.6 is 11.6 Å². The molecule has 0 saturated heterocycles. The molecular weight excluding hydrogens is 378 g/mol. The minimum atomic E-state index is -0.401. The van der Waals surface area contributed by atoms with Crippen molar-refractivity contribution in [1.29, 1.82) is 0 Å². The average molecular weight is 406 g/mol. The minimum Gasteiger partial charge on any atom is -0.482 e. The average Bonchev–Trinajstić information content (AvgIpc) is 2.64. The summed E-state index contributed by atoms with van der Waals surface area (Å²) < 4.78 is 10.9. The van der Waals surface area contributed by atoms with Crippen molar-refractivity contribution >= 4 is 28.5 Å². The maximum Gasteiger partial charge on any atom is 0.336 e. The van der Waals surface area contributed by atoms with Crippen LogP contribution in [0.5, 0.6) is 5.75 Å². The monoisotopic (exact) mass is 405 g/mol. The van der Waals surface area contributed by atoms with Crippen LogP contribution in [-0.4, -0.2) is 18.6 Å². The number of halogens is 1. The standard InChI is InChI=1S/C22H28ClNO4/c1-4-6-15-9-22(26)28-19-11-20(17(23)10-16(15)19)27-12-21(25)24-18-8-5-7-13(2)14(18)3/h9-11,13-14,18H,4-8,12H2,1-3H3,(H,24,25)/t13-,14+,18+/m1/s1. The van der Waals surface area contributed by atoms with Crippen molar-refractivity contribution in [3.8, 4) is 5.75 Å². The number of carbonyl (C=O) groups is 1. The van der Waals surface area contributed by atoms with Crippen LogP contribution in [-0.2, 0) is 11.2 Å². The van der Waals surface area contributed by atoms with Gasteiger partial charge in [-0.1, -0.05) is 51.6 Å². The third-order valence-corrected chi connectivity index (χ3v) is 6.11. The largest absolute Gasteiger partial charge is 0.482 e. The van der Waals surface area contributed by atoms with E-state index in [1.165, 1.54) is 12.5 Å². The molecule has 0 radical (unpaired) electrons. The van der Waals surface area contributed by atoms with Gasteiger partial charge in [0, 0.05) is 23.6 Å². The Labute approximate surface area is 170 Å². The molecule has 1 aliphatic rings. The molecule has 2 aromatic rings. The predicted octanol–water partition coefficient (Wildman–Crippen LogP) is 4.72. The van der Waals surface area contributed by atoms with Crippen molar-refractivity contribution in [2.24, 2.45) is 11.8 Å². The molecule has 1 fully saturated rings. The number of amides is 1. The summed E-state index contributed by atoms with van der Waals surface area (Å²) in [6.07, 6.45) is 5.01. The van der Waals surface area contributed by atoms with E-state index >= 15 is 0 Å². The van der Waals surface area contributed by atoms with E-state index in [2.05, 4.69) is 19.2 Å². The first-order chi connectivity index (χ1) is 13.4. The second kappa shape index (κ2) is 8.99. The maximum atomic E-state index is 12.4. The summed E-state index contributed by atoms with van der Waals surface area (Å²) in [4.78, 5) is 24.2. The number of aryl methyl sites for hydroxylation is 1. The summed E-state index contributed by atoms with van der Waals surface area (Å²) in [6, 6.07) is 5.02. The van der Waals surface area contributed by atoms with Gasteiger partial charge in [-0.05, 0) is 36.3 Å². The number of ether oxygens (including phenoxy) is 1. The molecule has 1 saturated carbocycles. The highest BCUT2D eigenvalue weighted by Gasteiger charge is 2.28. The lowest BCUT2D eigenvalue weighted by molar-refractivity contribution is -0.124. The fourth-order valence-corrected chi connectivity index (χ4v) is 4.21. The highest BCUT2D eigenvalue weighted by Crippen LogP contribution is 2.32. The van der Waals surface area contributed by atoms with E-state index in [9.17, 15) is 9.59 Å². The Morgan fingerprint density at radius 2 is 2.07 bits per heavy atom. The Bertz CT molecular complexity index is 907. The number of hydrogen-bond donors (Lipinski definition) is 1. The first kappa shape index (κ1) is 20.7. The second-order valence-electron chi connectivity index (χ2n) is 7.85. The van der Waals surface area contributed by atoms with Gasteiger partial charge < -0.3 is 14.5 Å². The fourth-order valence-electron chi connectivity index (χ4n) is 3.99. The SMILES string of the molecule is CCCc1cc(=O)oc2cc(OCC(=O)N[C@H]3CCC[C@@H](C)[C@@H]3C)c(Cl)cc12. The van der Waals surface area contributed by atoms with E-state index in [0.29, 0.717) is 28.2 Å². The predicted molar refractivity (Wildman–Crippen MR) is 111 cm³/mol. The maximum absolute atomic E-state index is 12.4. The third-order valence-electron chi connectivity index (χ3n) is 5.81. The molecule has 1 heterocycles. The molecule has 0 spiro atoms. The molecule has 3 atom stereocenters. The zero-order chi connectivity index (χ0) is 20.3. The van der Waals surface area contributed by atoms with Crippen molar-refractivity contribution in [1.82, 2.24) is 5.32 Å². The Hall–Kier alpha value is -2.01. The van der Waals surface area contributed by atoms with Gasteiger partial charge in [0.15, 0.2) is 6.61 Å². The van der Waals surface area contributed by atoms with Gasteiger partial charge in [-0.15, -0.1) is 0 Å². The zero-order valence-corrected chi connectivity index (χ0v) is 17.5. The van der Waals surface area contributed by atoms with Crippen molar-refractivity contribution in [3.05, 3.63) is 39.2 Å². The van der Waals surface area contributed by atoms with E-state index in [0.717, 1.165) is 36.6 Å². The summed E-state index contributed by atoms with van der Waals surface area (Å²) >= 11 is 6.36. The molecule has 1 aromatic carbocycles. The molecule has 0 aliphatic heterocycles. The number of nitrogens with one attached hydrogen (secondary N) is 1. The van der Waals surface area contributed by atoms with Gasteiger partial charge in [-0.25, -0.2) is 4.79 Å². The van der Waals surface area contributed by atoms with E-state index in [-0.39, 0.29) is 18.6 Å². The van der Waals surface area contributed by atoms with Crippen molar-refractivity contribution < 1.29 is 13.9 Å². The van der Waals surface area contributed by atoms with Crippen LogP contribution in [0.25, 0.3) is 11.0 Å². The van der Waals surface area contributed by atoms with E-state index in [4.69, 9.17) is 20.8 Å². The first-order valence-electron chi connectivity index (χ1n) is 10.1. The number of hydrogen-bond acceptors (Lipinski definition) is 4. The number of fused-ring (bicyclic) bond motifs is 1. The lowest BCUT2D eigenvalue weighted by atomic mass is 9.78. The zero-order valence-electron chi connectivity index (χ0n) is 16.7. The molecule has 0 unspecified atom stereocenters. The van der Waals surface area contributed by atoms with Crippen LogP contribution in [0.15, 0.2) is 27.4 Å².